The van der Waals surface area contributed by atoms with Gasteiger partial charge in [0.05, 0.1) is 7.11 Å². The molecule has 3 aromatic carbocycles. The fourth-order valence-electron chi connectivity index (χ4n) is 2.37. The summed E-state index contributed by atoms with van der Waals surface area (Å²) in [4.78, 5) is 0. The summed E-state index contributed by atoms with van der Waals surface area (Å²) in [7, 11) is 1.74. The van der Waals surface area contributed by atoms with Gasteiger partial charge in [-0.1, -0.05) is 48.0 Å². The Bertz CT molecular complexity index is 698. The van der Waals surface area contributed by atoms with E-state index in [1.54, 1.807) is 7.11 Å². The van der Waals surface area contributed by atoms with E-state index in [2.05, 4.69) is 49.4 Å². The number of rotatable bonds is 1. The molecule has 0 atom stereocenters. The zero-order chi connectivity index (χ0) is 11.8. The molecule has 1 nitrogen and oxygen atoms in total. The summed E-state index contributed by atoms with van der Waals surface area (Å²) < 4.78 is 5.58. The molecule has 0 spiro atoms. The molecule has 17 heavy (non-hydrogen) atoms. The molecular weight excluding hydrogens is 208 g/mol. The van der Waals surface area contributed by atoms with Gasteiger partial charge < -0.3 is 4.74 Å². The van der Waals surface area contributed by atoms with Gasteiger partial charge >= 0.3 is 0 Å². The molecule has 3 aromatic rings. The van der Waals surface area contributed by atoms with Crippen LogP contribution in [0.5, 0.6) is 5.75 Å². The van der Waals surface area contributed by atoms with Crippen molar-refractivity contribution in [2.45, 2.75) is 6.92 Å². The summed E-state index contributed by atoms with van der Waals surface area (Å²) in [5, 5.41) is 4.81. The zero-order valence-electron chi connectivity index (χ0n) is 10.0. The Hall–Kier alpha value is -2.02. The quantitative estimate of drug-likeness (QED) is 0.557. The third kappa shape index (κ3) is 1.55. The summed E-state index contributed by atoms with van der Waals surface area (Å²) in [5.74, 6) is 0.970. The van der Waals surface area contributed by atoms with Gasteiger partial charge in [-0.15, -0.1) is 0 Å². The lowest BCUT2D eigenvalue weighted by Gasteiger charge is -2.10. The second-order valence-corrected chi connectivity index (χ2v) is 4.36. The Labute approximate surface area is 101 Å². The lowest BCUT2D eigenvalue weighted by atomic mass is 10.0. The second-order valence-electron chi connectivity index (χ2n) is 4.36. The lowest BCUT2D eigenvalue weighted by molar-refractivity contribution is 0.424. The van der Waals surface area contributed by atoms with Gasteiger partial charge in [0, 0.05) is 10.8 Å². The van der Waals surface area contributed by atoms with E-state index in [-0.39, 0.29) is 0 Å². The van der Waals surface area contributed by atoms with Gasteiger partial charge in [-0.2, -0.15) is 0 Å². The van der Waals surface area contributed by atoms with Crippen molar-refractivity contribution in [3.63, 3.8) is 0 Å². The average Bonchev–Trinajstić information content (AvgIpc) is 2.35. The van der Waals surface area contributed by atoms with Crippen LogP contribution >= 0.6 is 0 Å². The van der Waals surface area contributed by atoms with E-state index in [4.69, 9.17) is 4.74 Å². The Kier molecular flexibility index (Phi) is 2.25. The highest BCUT2D eigenvalue weighted by molar-refractivity contribution is 6.05. The topological polar surface area (TPSA) is 9.23 Å². The first-order valence-electron chi connectivity index (χ1n) is 5.76. The number of benzene rings is 3. The summed E-state index contributed by atoms with van der Waals surface area (Å²) in [5.41, 5.74) is 1.27. The van der Waals surface area contributed by atoms with Gasteiger partial charge in [0.1, 0.15) is 5.75 Å². The third-order valence-electron chi connectivity index (χ3n) is 3.17. The first-order chi connectivity index (χ1) is 8.29. The van der Waals surface area contributed by atoms with Crippen LogP contribution in [-0.4, -0.2) is 7.11 Å². The molecule has 0 aromatic heterocycles. The molecule has 0 aliphatic heterocycles. The van der Waals surface area contributed by atoms with Crippen LogP contribution < -0.4 is 4.74 Å². The van der Waals surface area contributed by atoms with Crippen LogP contribution in [0.25, 0.3) is 21.5 Å². The van der Waals surface area contributed by atoms with Crippen molar-refractivity contribution in [2.75, 3.05) is 7.11 Å². The van der Waals surface area contributed by atoms with Crippen molar-refractivity contribution >= 4 is 21.5 Å². The molecule has 0 radical (unpaired) electrons. The van der Waals surface area contributed by atoms with Gasteiger partial charge in [0.15, 0.2) is 0 Å². The highest BCUT2D eigenvalue weighted by Crippen LogP contribution is 2.34. The number of methoxy groups -OCH3 is 1. The minimum Gasteiger partial charge on any atom is -0.495 e. The fraction of sp³-hybridized carbons (Fsp3) is 0.125. The van der Waals surface area contributed by atoms with Crippen molar-refractivity contribution in [2.24, 2.45) is 0 Å². The largest absolute Gasteiger partial charge is 0.495 e. The number of hydrogen-bond donors (Lipinski definition) is 0. The molecule has 0 heterocycles. The van der Waals surface area contributed by atoms with Crippen molar-refractivity contribution in [1.82, 2.24) is 0 Å². The molecule has 0 bridgehead atoms. The van der Waals surface area contributed by atoms with E-state index < -0.39 is 0 Å². The van der Waals surface area contributed by atoms with Gasteiger partial charge in [-0.05, 0) is 23.8 Å². The average molecular weight is 222 g/mol. The standard InChI is InChI=1S/C16H14O/c1-11-7-8-15-13(9-11)10-12-5-3-4-6-14(12)16(15)17-2/h3-10H,1-2H3. The van der Waals surface area contributed by atoms with E-state index in [1.165, 1.54) is 27.1 Å². The Balaban J connectivity index is 2.53. The van der Waals surface area contributed by atoms with Gasteiger partial charge in [0.2, 0.25) is 0 Å². The van der Waals surface area contributed by atoms with Crippen LogP contribution in [0, 0.1) is 6.92 Å². The maximum atomic E-state index is 5.58. The van der Waals surface area contributed by atoms with Crippen molar-refractivity contribution in [3.8, 4) is 5.75 Å². The normalized spacial score (nSPS) is 10.9. The van der Waals surface area contributed by atoms with E-state index in [9.17, 15) is 0 Å². The Morgan fingerprint density at radius 3 is 2.41 bits per heavy atom. The lowest BCUT2D eigenvalue weighted by Crippen LogP contribution is -1.88. The molecule has 0 saturated carbocycles. The Morgan fingerprint density at radius 1 is 0.824 bits per heavy atom. The van der Waals surface area contributed by atoms with Crippen molar-refractivity contribution < 1.29 is 4.74 Å². The van der Waals surface area contributed by atoms with Crippen molar-refractivity contribution in [3.05, 3.63) is 54.1 Å². The number of ether oxygens (including phenoxy) is 1. The maximum Gasteiger partial charge on any atom is 0.134 e. The molecular formula is C16H14O. The molecule has 0 fully saturated rings. The van der Waals surface area contributed by atoms with Crippen LogP contribution in [-0.2, 0) is 0 Å². The SMILES string of the molecule is COc1c2ccccc2cc2cc(C)ccc12. The van der Waals surface area contributed by atoms with Crippen molar-refractivity contribution in [1.29, 1.82) is 0 Å². The number of hydrogen-bond acceptors (Lipinski definition) is 1. The fourth-order valence-corrected chi connectivity index (χ4v) is 2.37. The van der Waals surface area contributed by atoms with Crippen LogP contribution in [0.4, 0.5) is 0 Å². The van der Waals surface area contributed by atoms with Gasteiger partial charge in [-0.3, -0.25) is 0 Å². The maximum absolute atomic E-state index is 5.58. The first kappa shape index (κ1) is 10.2. The third-order valence-corrected chi connectivity index (χ3v) is 3.17. The number of aryl methyl sites for hydroxylation is 1. The van der Waals surface area contributed by atoms with Crippen LogP contribution in [0.2, 0.25) is 0 Å². The molecule has 0 amide bonds. The minimum absolute atomic E-state index is 0.970. The molecule has 0 saturated heterocycles. The van der Waals surface area contributed by atoms with Gasteiger partial charge in [-0.25, -0.2) is 0 Å². The summed E-state index contributed by atoms with van der Waals surface area (Å²) in [6, 6.07) is 17.0. The molecule has 1 heteroatoms. The highest BCUT2D eigenvalue weighted by atomic mass is 16.5. The molecule has 0 N–H and O–H groups in total. The zero-order valence-corrected chi connectivity index (χ0v) is 10.0. The Morgan fingerprint density at radius 2 is 1.59 bits per heavy atom. The highest BCUT2D eigenvalue weighted by Gasteiger charge is 2.07. The van der Waals surface area contributed by atoms with E-state index in [0.717, 1.165) is 5.75 Å². The van der Waals surface area contributed by atoms with Gasteiger partial charge in [0.25, 0.3) is 0 Å². The summed E-state index contributed by atoms with van der Waals surface area (Å²) >= 11 is 0. The van der Waals surface area contributed by atoms with Crippen LogP contribution in [0.3, 0.4) is 0 Å². The van der Waals surface area contributed by atoms with Crippen LogP contribution in [0.1, 0.15) is 5.56 Å². The van der Waals surface area contributed by atoms with E-state index >= 15 is 0 Å². The molecule has 0 unspecified atom stereocenters. The van der Waals surface area contributed by atoms with Crippen LogP contribution in [0.15, 0.2) is 48.5 Å². The molecule has 0 aliphatic carbocycles. The molecule has 3 rings (SSSR count). The summed E-state index contributed by atoms with van der Waals surface area (Å²) in [6.45, 7) is 2.11. The predicted octanol–water partition coefficient (Wildman–Crippen LogP) is 4.31. The monoisotopic (exact) mass is 222 g/mol. The van der Waals surface area contributed by atoms with E-state index in [0.29, 0.717) is 0 Å². The van der Waals surface area contributed by atoms with E-state index in [1.807, 2.05) is 6.07 Å². The molecule has 84 valence electrons. The number of fused-ring (bicyclic) bond motifs is 2. The first-order valence-corrected chi connectivity index (χ1v) is 5.76. The predicted molar refractivity (Wildman–Crippen MR) is 72.7 cm³/mol. The smallest absolute Gasteiger partial charge is 0.134 e. The second kappa shape index (κ2) is 3.77. The minimum atomic E-state index is 0.970. The summed E-state index contributed by atoms with van der Waals surface area (Å²) in [6.07, 6.45) is 0. The molecule has 0 aliphatic rings.